The minimum absolute atomic E-state index is 0.0991. The number of aryl methyl sites for hydroxylation is 1. The minimum Gasteiger partial charge on any atom is -0.370 e. The summed E-state index contributed by atoms with van der Waals surface area (Å²) in [5.41, 5.74) is 11.0. The third-order valence-electron chi connectivity index (χ3n) is 4.85. The molecule has 0 spiro atoms. The maximum Gasteiger partial charge on any atom is 0.234 e. The van der Waals surface area contributed by atoms with Crippen LogP contribution < -0.4 is 16.4 Å². The second-order valence-corrected chi connectivity index (χ2v) is 7.79. The Kier molecular flexibility index (Phi) is 5.26. The van der Waals surface area contributed by atoms with Crippen molar-refractivity contribution in [2.45, 2.75) is 20.0 Å². The number of hydrogen-bond acceptors (Lipinski definition) is 6. The van der Waals surface area contributed by atoms with Gasteiger partial charge < -0.3 is 21.4 Å². The quantitative estimate of drug-likeness (QED) is 0.532. The highest BCUT2D eigenvalue weighted by molar-refractivity contribution is 8.14. The monoisotopic (exact) mass is 406 g/mol. The summed E-state index contributed by atoms with van der Waals surface area (Å²) in [6.07, 6.45) is 1.45. The molecule has 0 saturated heterocycles. The van der Waals surface area contributed by atoms with Crippen LogP contribution in [0.3, 0.4) is 0 Å². The third-order valence-corrected chi connectivity index (χ3v) is 5.74. The molecule has 2 heterocycles. The molecule has 7 nitrogen and oxygen atoms in total. The first-order chi connectivity index (χ1) is 14.0. The zero-order valence-electron chi connectivity index (χ0n) is 16.2. The van der Waals surface area contributed by atoms with Crippen molar-refractivity contribution in [2.75, 3.05) is 11.1 Å². The molecule has 3 aromatic rings. The molecule has 1 atom stereocenters. The van der Waals surface area contributed by atoms with E-state index in [0.29, 0.717) is 5.17 Å². The molecule has 1 amide bonds. The molecular weight excluding hydrogens is 384 g/mol. The number of fused-ring (bicyclic) bond motifs is 1. The fraction of sp³-hybridized carbons (Fsp3) is 0.190. The lowest BCUT2D eigenvalue weighted by Crippen LogP contribution is -2.39. The molecule has 1 aliphatic rings. The van der Waals surface area contributed by atoms with Crippen LogP contribution in [0.2, 0.25) is 0 Å². The number of aromatic nitrogens is 1. The first-order valence-corrected chi connectivity index (χ1v) is 10.2. The number of nitrogens with two attached hydrogens (primary N) is 1. The van der Waals surface area contributed by atoms with Crippen molar-refractivity contribution in [3.63, 3.8) is 0 Å². The number of amides is 1. The topological polar surface area (TPSA) is 108 Å². The second-order valence-electron chi connectivity index (χ2n) is 6.82. The Morgan fingerprint density at radius 2 is 2.00 bits per heavy atom. The number of rotatable bonds is 4. The van der Waals surface area contributed by atoms with Gasteiger partial charge in [0.05, 0.1) is 5.75 Å². The predicted molar refractivity (Wildman–Crippen MR) is 120 cm³/mol. The smallest absolute Gasteiger partial charge is 0.234 e. The SMILES string of the molecule is Cc1cccc(NC(=O)CSC2=N[C@@H](c3c[nH]c4ccccc34)N=C(N)N2)c1C. The van der Waals surface area contributed by atoms with E-state index in [0.717, 1.165) is 33.3 Å². The van der Waals surface area contributed by atoms with E-state index in [1.54, 1.807) is 0 Å². The summed E-state index contributed by atoms with van der Waals surface area (Å²) in [6, 6.07) is 13.8. The van der Waals surface area contributed by atoms with Crippen molar-refractivity contribution in [3.05, 3.63) is 65.4 Å². The van der Waals surface area contributed by atoms with E-state index < -0.39 is 6.17 Å². The van der Waals surface area contributed by atoms with Gasteiger partial charge in [-0.05, 0) is 37.1 Å². The summed E-state index contributed by atoms with van der Waals surface area (Å²) in [6.45, 7) is 4.02. The number of aromatic amines is 1. The van der Waals surface area contributed by atoms with E-state index in [1.165, 1.54) is 11.8 Å². The molecule has 2 aromatic carbocycles. The number of carbonyl (C=O) groups excluding carboxylic acids is 1. The van der Waals surface area contributed by atoms with Gasteiger partial charge >= 0.3 is 0 Å². The molecule has 1 aliphatic heterocycles. The number of amidine groups is 1. The summed E-state index contributed by atoms with van der Waals surface area (Å²) in [5.74, 6) is 0.401. The van der Waals surface area contributed by atoms with E-state index in [2.05, 4.69) is 25.6 Å². The van der Waals surface area contributed by atoms with Crippen LogP contribution in [0.5, 0.6) is 0 Å². The molecule has 29 heavy (non-hydrogen) atoms. The molecule has 0 unspecified atom stereocenters. The number of para-hydroxylation sites is 1. The van der Waals surface area contributed by atoms with Gasteiger partial charge in [0, 0.05) is 28.4 Å². The average Bonchev–Trinajstić information content (AvgIpc) is 3.14. The molecule has 0 aliphatic carbocycles. The van der Waals surface area contributed by atoms with Crippen LogP contribution >= 0.6 is 11.8 Å². The summed E-state index contributed by atoms with van der Waals surface area (Å²) < 4.78 is 0. The number of thioether (sulfide) groups is 1. The molecule has 5 N–H and O–H groups in total. The van der Waals surface area contributed by atoms with Gasteiger partial charge in [0.25, 0.3) is 0 Å². The van der Waals surface area contributed by atoms with Crippen LogP contribution in [0.4, 0.5) is 5.69 Å². The summed E-state index contributed by atoms with van der Waals surface area (Å²) >= 11 is 1.30. The Morgan fingerprint density at radius 1 is 1.17 bits per heavy atom. The van der Waals surface area contributed by atoms with Crippen molar-refractivity contribution in [2.24, 2.45) is 15.7 Å². The van der Waals surface area contributed by atoms with Gasteiger partial charge in [-0.25, -0.2) is 9.98 Å². The van der Waals surface area contributed by atoms with E-state index in [9.17, 15) is 4.79 Å². The van der Waals surface area contributed by atoms with Crippen LogP contribution in [0.15, 0.2) is 58.6 Å². The third kappa shape index (κ3) is 4.12. The highest BCUT2D eigenvalue weighted by Gasteiger charge is 2.20. The maximum absolute atomic E-state index is 12.4. The largest absolute Gasteiger partial charge is 0.370 e. The lowest BCUT2D eigenvalue weighted by molar-refractivity contribution is -0.113. The number of benzene rings is 2. The fourth-order valence-electron chi connectivity index (χ4n) is 3.17. The average molecular weight is 407 g/mol. The molecule has 148 valence electrons. The molecule has 0 bridgehead atoms. The van der Waals surface area contributed by atoms with Gasteiger partial charge in [0.15, 0.2) is 17.3 Å². The summed E-state index contributed by atoms with van der Waals surface area (Å²) in [7, 11) is 0. The lowest BCUT2D eigenvalue weighted by Gasteiger charge is -2.18. The van der Waals surface area contributed by atoms with Crippen molar-refractivity contribution in [1.82, 2.24) is 10.3 Å². The van der Waals surface area contributed by atoms with Gasteiger partial charge in [-0.3, -0.25) is 4.79 Å². The van der Waals surface area contributed by atoms with Gasteiger partial charge in [-0.1, -0.05) is 42.1 Å². The van der Waals surface area contributed by atoms with E-state index in [4.69, 9.17) is 5.73 Å². The number of H-pyrrole nitrogens is 1. The molecule has 8 heteroatoms. The van der Waals surface area contributed by atoms with E-state index in [-0.39, 0.29) is 17.6 Å². The van der Waals surface area contributed by atoms with Crippen molar-refractivity contribution in [1.29, 1.82) is 0 Å². The minimum atomic E-state index is -0.447. The molecule has 1 aromatic heterocycles. The zero-order valence-corrected chi connectivity index (χ0v) is 17.0. The molecule has 4 rings (SSSR count). The Bertz CT molecular complexity index is 1130. The van der Waals surface area contributed by atoms with E-state index >= 15 is 0 Å². The number of carbonyl (C=O) groups is 1. The van der Waals surface area contributed by atoms with Crippen LogP contribution in [0.25, 0.3) is 10.9 Å². The number of guanidine groups is 1. The maximum atomic E-state index is 12.4. The van der Waals surface area contributed by atoms with Crippen molar-refractivity contribution < 1.29 is 4.79 Å². The number of aliphatic imine (C=N–C) groups is 2. The van der Waals surface area contributed by atoms with E-state index in [1.807, 2.05) is 62.5 Å². The fourth-order valence-corrected chi connectivity index (χ4v) is 3.86. The van der Waals surface area contributed by atoms with Crippen LogP contribution in [-0.4, -0.2) is 27.8 Å². The van der Waals surface area contributed by atoms with Crippen LogP contribution in [0, 0.1) is 13.8 Å². The Morgan fingerprint density at radius 3 is 2.86 bits per heavy atom. The lowest BCUT2D eigenvalue weighted by atomic mass is 10.1. The Labute approximate surface area is 172 Å². The normalized spacial score (nSPS) is 16.1. The Balaban J connectivity index is 1.46. The van der Waals surface area contributed by atoms with Gasteiger partial charge in [0.1, 0.15) is 0 Å². The predicted octanol–water partition coefficient (Wildman–Crippen LogP) is 3.43. The highest BCUT2D eigenvalue weighted by atomic mass is 32.2. The van der Waals surface area contributed by atoms with Crippen molar-refractivity contribution >= 4 is 45.4 Å². The standard InChI is InChI=1S/C21H22N6OS/c1-12-6-5-9-16(13(12)2)24-18(28)11-29-21-26-19(25-20(22)27-21)15-10-23-17-8-4-3-7-14(15)17/h3-10,19,23H,11H2,1-2H3,(H,24,28)(H3,22,25,26,27)/t19-/m0/s1. The Hall–Kier alpha value is -3.26. The van der Waals surface area contributed by atoms with Crippen LogP contribution in [-0.2, 0) is 4.79 Å². The second kappa shape index (κ2) is 8.00. The van der Waals surface area contributed by atoms with Gasteiger partial charge in [-0.2, -0.15) is 0 Å². The first kappa shape index (κ1) is 19.1. The number of hydrogen-bond donors (Lipinski definition) is 4. The van der Waals surface area contributed by atoms with Gasteiger partial charge in [0.2, 0.25) is 5.91 Å². The number of anilines is 1. The summed E-state index contributed by atoms with van der Waals surface area (Å²) in [4.78, 5) is 24.7. The molecular formula is C21H22N6OS. The zero-order chi connectivity index (χ0) is 20.4. The first-order valence-electron chi connectivity index (χ1n) is 9.24. The summed E-state index contributed by atoms with van der Waals surface area (Å²) in [5, 5.41) is 7.53. The number of nitrogens with one attached hydrogen (secondary N) is 3. The molecule has 0 fully saturated rings. The number of nitrogens with zero attached hydrogens (tertiary/aromatic N) is 2. The van der Waals surface area contributed by atoms with Crippen molar-refractivity contribution in [3.8, 4) is 0 Å². The molecule has 0 saturated carbocycles. The molecule has 0 radical (unpaired) electrons. The van der Waals surface area contributed by atoms with Crippen LogP contribution in [0.1, 0.15) is 22.9 Å². The van der Waals surface area contributed by atoms with Gasteiger partial charge in [-0.15, -0.1) is 0 Å². The highest BCUT2D eigenvalue weighted by Crippen LogP contribution is 2.29.